The summed E-state index contributed by atoms with van der Waals surface area (Å²) < 4.78 is 5.70. The molecule has 0 aromatic heterocycles. The highest BCUT2D eigenvalue weighted by Gasteiger charge is 2.22. The molecule has 1 fully saturated rings. The third kappa shape index (κ3) is 4.88. The number of hydrogen-bond donors (Lipinski definition) is 1. The van der Waals surface area contributed by atoms with Crippen LogP contribution >= 0.6 is 0 Å². The summed E-state index contributed by atoms with van der Waals surface area (Å²) in [5, 5.41) is 2.88. The first-order chi connectivity index (χ1) is 13.0. The molecular formula is C22H26N2O3. The Balaban J connectivity index is 1.75. The van der Waals surface area contributed by atoms with Crippen LogP contribution in [0.5, 0.6) is 5.75 Å². The first kappa shape index (κ1) is 19.0. The lowest BCUT2D eigenvalue weighted by atomic mass is 10.1. The molecule has 0 unspecified atom stereocenters. The smallest absolute Gasteiger partial charge is 0.255 e. The number of likely N-dealkylation sites (tertiary alicyclic amines) is 1. The van der Waals surface area contributed by atoms with Crippen molar-refractivity contribution < 1.29 is 14.3 Å². The first-order valence-electron chi connectivity index (χ1n) is 9.47. The number of para-hydroxylation sites is 1. The minimum Gasteiger partial charge on any atom is -0.493 e. The van der Waals surface area contributed by atoms with Gasteiger partial charge in [-0.2, -0.15) is 0 Å². The van der Waals surface area contributed by atoms with Crippen LogP contribution in [0.15, 0.2) is 48.5 Å². The minimum absolute atomic E-state index is 0.0302. The highest BCUT2D eigenvalue weighted by Crippen LogP contribution is 2.22. The summed E-state index contributed by atoms with van der Waals surface area (Å²) in [4.78, 5) is 27.3. The number of hydrogen-bond acceptors (Lipinski definition) is 3. The molecular weight excluding hydrogens is 340 g/mol. The SMILES string of the molecule is CC(C)COc1cccc(C(=O)Nc2ccccc2C(=O)N2CCCC2)c1. The molecule has 5 heteroatoms. The van der Waals surface area contributed by atoms with Crippen LogP contribution in [0.3, 0.4) is 0 Å². The van der Waals surface area contributed by atoms with E-state index < -0.39 is 0 Å². The third-order valence-corrected chi connectivity index (χ3v) is 4.48. The number of benzene rings is 2. The number of ether oxygens (including phenoxy) is 1. The Bertz CT molecular complexity index is 811. The number of rotatable bonds is 6. The van der Waals surface area contributed by atoms with E-state index in [1.54, 1.807) is 30.3 Å². The molecule has 1 saturated heterocycles. The predicted octanol–water partition coefficient (Wildman–Crippen LogP) is 4.21. The van der Waals surface area contributed by atoms with E-state index in [0.29, 0.717) is 35.1 Å². The fourth-order valence-corrected chi connectivity index (χ4v) is 3.05. The van der Waals surface area contributed by atoms with E-state index in [1.807, 2.05) is 23.1 Å². The maximum atomic E-state index is 12.7. The second-order valence-corrected chi connectivity index (χ2v) is 7.23. The van der Waals surface area contributed by atoms with Crippen molar-refractivity contribution in [1.82, 2.24) is 4.90 Å². The maximum Gasteiger partial charge on any atom is 0.255 e. The summed E-state index contributed by atoms with van der Waals surface area (Å²) in [6.45, 7) is 6.29. The molecule has 5 nitrogen and oxygen atoms in total. The molecule has 0 atom stereocenters. The minimum atomic E-state index is -0.258. The van der Waals surface area contributed by atoms with Crippen molar-refractivity contribution in [3.05, 3.63) is 59.7 Å². The molecule has 2 aromatic rings. The number of nitrogens with one attached hydrogen (secondary N) is 1. The van der Waals surface area contributed by atoms with Crippen molar-refractivity contribution in [1.29, 1.82) is 0 Å². The first-order valence-corrected chi connectivity index (χ1v) is 9.47. The van der Waals surface area contributed by atoms with Gasteiger partial charge in [0.15, 0.2) is 0 Å². The fourth-order valence-electron chi connectivity index (χ4n) is 3.05. The number of amides is 2. The van der Waals surface area contributed by atoms with Crippen LogP contribution in [0.25, 0.3) is 0 Å². The Morgan fingerprint density at radius 3 is 2.56 bits per heavy atom. The second-order valence-electron chi connectivity index (χ2n) is 7.23. The van der Waals surface area contributed by atoms with Gasteiger partial charge in [0, 0.05) is 18.7 Å². The van der Waals surface area contributed by atoms with Crippen molar-refractivity contribution in [3.63, 3.8) is 0 Å². The summed E-state index contributed by atoms with van der Waals surface area (Å²) in [6, 6.07) is 14.3. The van der Waals surface area contributed by atoms with Gasteiger partial charge in [0.2, 0.25) is 0 Å². The maximum absolute atomic E-state index is 12.7. The summed E-state index contributed by atoms with van der Waals surface area (Å²) in [6.07, 6.45) is 2.06. The molecule has 2 amide bonds. The average molecular weight is 366 g/mol. The van der Waals surface area contributed by atoms with Gasteiger partial charge in [-0.3, -0.25) is 9.59 Å². The van der Waals surface area contributed by atoms with E-state index in [1.165, 1.54) is 0 Å². The number of carbonyl (C=O) groups excluding carboxylic acids is 2. The zero-order valence-corrected chi connectivity index (χ0v) is 15.9. The lowest BCUT2D eigenvalue weighted by molar-refractivity contribution is 0.0794. The monoisotopic (exact) mass is 366 g/mol. The van der Waals surface area contributed by atoms with Gasteiger partial charge in [0.25, 0.3) is 11.8 Å². The average Bonchev–Trinajstić information content (AvgIpc) is 3.21. The van der Waals surface area contributed by atoms with Crippen LogP contribution in [0, 0.1) is 5.92 Å². The molecule has 1 N–H and O–H groups in total. The predicted molar refractivity (Wildman–Crippen MR) is 106 cm³/mol. The molecule has 1 aliphatic rings. The lowest BCUT2D eigenvalue weighted by Gasteiger charge is -2.18. The summed E-state index contributed by atoms with van der Waals surface area (Å²) in [5.74, 6) is 0.785. The summed E-state index contributed by atoms with van der Waals surface area (Å²) >= 11 is 0. The fraction of sp³-hybridized carbons (Fsp3) is 0.364. The van der Waals surface area contributed by atoms with Gasteiger partial charge in [-0.05, 0) is 49.1 Å². The third-order valence-electron chi connectivity index (χ3n) is 4.48. The molecule has 0 bridgehead atoms. The molecule has 3 rings (SSSR count). The molecule has 142 valence electrons. The molecule has 0 radical (unpaired) electrons. The molecule has 1 heterocycles. The molecule has 1 aliphatic heterocycles. The second kappa shape index (κ2) is 8.71. The van der Waals surface area contributed by atoms with Crippen LogP contribution in [0.2, 0.25) is 0 Å². The topological polar surface area (TPSA) is 58.6 Å². The molecule has 27 heavy (non-hydrogen) atoms. The Kier molecular flexibility index (Phi) is 6.12. The van der Waals surface area contributed by atoms with Crippen molar-refractivity contribution in [3.8, 4) is 5.75 Å². The molecule has 0 spiro atoms. The van der Waals surface area contributed by atoms with Gasteiger partial charge < -0.3 is 15.0 Å². The highest BCUT2D eigenvalue weighted by atomic mass is 16.5. The Morgan fingerprint density at radius 2 is 1.81 bits per heavy atom. The van der Waals surface area contributed by atoms with Crippen LogP contribution in [-0.4, -0.2) is 36.4 Å². The molecule has 2 aromatic carbocycles. The van der Waals surface area contributed by atoms with E-state index in [0.717, 1.165) is 25.9 Å². The zero-order chi connectivity index (χ0) is 19.2. The van der Waals surface area contributed by atoms with Gasteiger partial charge in [0.05, 0.1) is 17.9 Å². The lowest BCUT2D eigenvalue weighted by Crippen LogP contribution is -2.28. The van der Waals surface area contributed by atoms with E-state index in [4.69, 9.17) is 4.74 Å². The summed E-state index contributed by atoms with van der Waals surface area (Å²) in [7, 11) is 0. The van der Waals surface area contributed by atoms with Crippen LogP contribution < -0.4 is 10.1 Å². The molecule has 0 aliphatic carbocycles. The Morgan fingerprint density at radius 1 is 1.07 bits per heavy atom. The van der Waals surface area contributed by atoms with Crippen LogP contribution in [-0.2, 0) is 0 Å². The quantitative estimate of drug-likeness (QED) is 0.833. The Labute approximate surface area is 160 Å². The normalized spacial score (nSPS) is 13.7. The van der Waals surface area contributed by atoms with Crippen molar-refractivity contribution in [2.75, 3.05) is 25.0 Å². The Hall–Kier alpha value is -2.82. The van der Waals surface area contributed by atoms with Gasteiger partial charge in [0.1, 0.15) is 5.75 Å². The van der Waals surface area contributed by atoms with E-state index in [-0.39, 0.29) is 11.8 Å². The van der Waals surface area contributed by atoms with E-state index in [9.17, 15) is 9.59 Å². The van der Waals surface area contributed by atoms with Gasteiger partial charge >= 0.3 is 0 Å². The zero-order valence-electron chi connectivity index (χ0n) is 15.9. The number of carbonyl (C=O) groups is 2. The standard InChI is InChI=1S/C22H26N2O3/c1-16(2)15-27-18-9-7-8-17(14-18)21(25)23-20-11-4-3-10-19(20)22(26)24-12-5-6-13-24/h3-4,7-11,14,16H,5-6,12-13,15H2,1-2H3,(H,23,25). The van der Waals surface area contributed by atoms with Gasteiger partial charge in [-0.1, -0.05) is 32.0 Å². The van der Waals surface area contributed by atoms with Crippen molar-refractivity contribution >= 4 is 17.5 Å². The van der Waals surface area contributed by atoms with Crippen LogP contribution in [0.1, 0.15) is 47.4 Å². The van der Waals surface area contributed by atoms with E-state index in [2.05, 4.69) is 19.2 Å². The number of anilines is 1. The van der Waals surface area contributed by atoms with E-state index >= 15 is 0 Å². The van der Waals surface area contributed by atoms with Gasteiger partial charge in [-0.15, -0.1) is 0 Å². The largest absolute Gasteiger partial charge is 0.493 e. The molecule has 0 saturated carbocycles. The van der Waals surface area contributed by atoms with Crippen LogP contribution in [0.4, 0.5) is 5.69 Å². The van der Waals surface area contributed by atoms with Crippen molar-refractivity contribution in [2.45, 2.75) is 26.7 Å². The highest BCUT2D eigenvalue weighted by molar-refractivity contribution is 6.09. The van der Waals surface area contributed by atoms with Gasteiger partial charge in [-0.25, -0.2) is 0 Å². The summed E-state index contributed by atoms with van der Waals surface area (Å²) in [5.41, 5.74) is 1.56. The van der Waals surface area contributed by atoms with Crippen molar-refractivity contribution in [2.24, 2.45) is 5.92 Å². The number of nitrogens with zero attached hydrogens (tertiary/aromatic N) is 1.